The number of aromatic nitrogens is 4. The van der Waals surface area contributed by atoms with Crippen LogP contribution < -0.4 is 5.73 Å². The second-order valence-electron chi connectivity index (χ2n) is 4.60. The van der Waals surface area contributed by atoms with Crippen LogP contribution in [0.5, 0.6) is 0 Å². The van der Waals surface area contributed by atoms with Crippen molar-refractivity contribution in [2.45, 2.75) is 20.4 Å². The van der Waals surface area contributed by atoms with E-state index >= 15 is 0 Å². The first-order valence-electron chi connectivity index (χ1n) is 6.16. The van der Waals surface area contributed by atoms with Gasteiger partial charge in [-0.3, -0.25) is 4.68 Å². The Morgan fingerprint density at radius 2 is 2.16 bits per heavy atom. The topological polar surface area (TPSA) is 82.8 Å². The van der Waals surface area contributed by atoms with Gasteiger partial charge in [0, 0.05) is 6.54 Å². The van der Waals surface area contributed by atoms with E-state index in [1.165, 1.54) is 0 Å². The van der Waals surface area contributed by atoms with Gasteiger partial charge in [-0.2, -0.15) is 0 Å². The molecule has 2 heterocycles. The van der Waals surface area contributed by atoms with E-state index in [0.29, 0.717) is 24.7 Å². The van der Waals surface area contributed by atoms with Gasteiger partial charge in [-0.25, -0.2) is 4.98 Å². The molecule has 6 nitrogen and oxygen atoms in total. The van der Waals surface area contributed by atoms with Crippen LogP contribution in [0.4, 0.5) is 0 Å². The van der Waals surface area contributed by atoms with Gasteiger partial charge in [-0.15, -0.1) is 5.10 Å². The van der Waals surface area contributed by atoms with Crippen molar-refractivity contribution in [3.05, 3.63) is 29.5 Å². The van der Waals surface area contributed by atoms with Crippen molar-refractivity contribution in [3.8, 4) is 11.6 Å². The zero-order valence-corrected chi connectivity index (χ0v) is 10.9. The van der Waals surface area contributed by atoms with Gasteiger partial charge in [-0.05, 0) is 31.0 Å². The Balaban J connectivity index is 2.07. The summed E-state index contributed by atoms with van der Waals surface area (Å²) in [6.45, 7) is 5.20. The van der Waals surface area contributed by atoms with Crippen molar-refractivity contribution in [1.82, 2.24) is 20.0 Å². The number of benzene rings is 1. The number of fused-ring (bicyclic) bond motifs is 1. The highest BCUT2D eigenvalue weighted by Gasteiger charge is 2.13. The summed E-state index contributed by atoms with van der Waals surface area (Å²) in [5, 5.41) is 8.03. The second kappa shape index (κ2) is 4.47. The molecule has 0 aliphatic heterocycles. The molecule has 1 aromatic carbocycles. The first-order valence-corrected chi connectivity index (χ1v) is 6.16. The van der Waals surface area contributed by atoms with E-state index in [0.717, 1.165) is 22.2 Å². The van der Waals surface area contributed by atoms with Crippen LogP contribution in [0, 0.1) is 13.8 Å². The number of rotatable bonds is 3. The first kappa shape index (κ1) is 11.9. The molecule has 6 heteroatoms. The molecule has 0 saturated heterocycles. The predicted octanol–water partition coefficient (Wildman–Crippen LogP) is 1.66. The smallest absolute Gasteiger partial charge is 0.249 e. The minimum Gasteiger partial charge on any atom is -0.434 e. The molecule has 98 valence electrons. The van der Waals surface area contributed by atoms with Crippen molar-refractivity contribution in [2.75, 3.05) is 6.54 Å². The molecule has 2 N–H and O–H groups in total. The third-order valence-electron chi connectivity index (χ3n) is 2.94. The highest BCUT2D eigenvalue weighted by Crippen LogP contribution is 2.26. The molecular weight excluding hydrogens is 242 g/mol. The molecule has 0 aliphatic carbocycles. The van der Waals surface area contributed by atoms with Crippen molar-refractivity contribution >= 4 is 11.1 Å². The molecule has 3 rings (SSSR count). The molecular formula is C13H15N5O. The van der Waals surface area contributed by atoms with Crippen LogP contribution >= 0.6 is 0 Å². The van der Waals surface area contributed by atoms with E-state index < -0.39 is 0 Å². The lowest BCUT2D eigenvalue weighted by Gasteiger charge is -1.94. The maximum atomic E-state index is 5.77. The van der Waals surface area contributed by atoms with Crippen molar-refractivity contribution in [2.24, 2.45) is 5.73 Å². The summed E-state index contributed by atoms with van der Waals surface area (Å²) >= 11 is 0. The fourth-order valence-electron chi connectivity index (χ4n) is 2.12. The van der Waals surface area contributed by atoms with Crippen molar-refractivity contribution in [3.63, 3.8) is 0 Å². The Hall–Kier alpha value is -2.21. The summed E-state index contributed by atoms with van der Waals surface area (Å²) in [7, 11) is 0. The van der Waals surface area contributed by atoms with Crippen LogP contribution in [-0.2, 0) is 6.54 Å². The van der Waals surface area contributed by atoms with Gasteiger partial charge in [-0.1, -0.05) is 11.3 Å². The average Bonchev–Trinajstić information content (AvgIpc) is 2.95. The zero-order chi connectivity index (χ0) is 13.4. The molecule has 0 saturated carbocycles. The fraction of sp³-hybridized carbons (Fsp3) is 0.308. The molecule has 0 aliphatic rings. The number of hydrogen-bond acceptors (Lipinski definition) is 5. The molecule has 2 aromatic heterocycles. The summed E-state index contributed by atoms with van der Waals surface area (Å²) < 4.78 is 7.46. The third kappa shape index (κ3) is 2.10. The largest absolute Gasteiger partial charge is 0.434 e. The maximum Gasteiger partial charge on any atom is 0.249 e. The second-order valence-corrected chi connectivity index (χ2v) is 4.60. The van der Waals surface area contributed by atoms with Gasteiger partial charge in [0.25, 0.3) is 0 Å². The number of aryl methyl sites for hydroxylation is 2. The highest BCUT2D eigenvalue weighted by atomic mass is 16.3. The van der Waals surface area contributed by atoms with Gasteiger partial charge >= 0.3 is 0 Å². The molecule has 0 bridgehead atoms. The Morgan fingerprint density at radius 1 is 1.32 bits per heavy atom. The summed E-state index contributed by atoms with van der Waals surface area (Å²) in [4.78, 5) is 4.46. The van der Waals surface area contributed by atoms with Crippen LogP contribution in [0.3, 0.4) is 0 Å². The number of nitrogens with zero attached hydrogens (tertiary/aromatic N) is 4. The summed E-state index contributed by atoms with van der Waals surface area (Å²) in [5.74, 6) is 0.493. The normalized spacial score (nSPS) is 11.3. The van der Waals surface area contributed by atoms with E-state index in [-0.39, 0.29) is 0 Å². The van der Waals surface area contributed by atoms with Gasteiger partial charge in [0.1, 0.15) is 5.52 Å². The summed E-state index contributed by atoms with van der Waals surface area (Å²) in [5.41, 5.74) is 9.99. The Morgan fingerprint density at radius 3 is 2.95 bits per heavy atom. The first-order chi connectivity index (χ1) is 9.17. The average molecular weight is 257 g/mol. The van der Waals surface area contributed by atoms with Crippen LogP contribution in [-0.4, -0.2) is 26.5 Å². The lowest BCUT2D eigenvalue weighted by atomic mass is 10.1. The molecule has 3 aromatic rings. The van der Waals surface area contributed by atoms with E-state index in [1.54, 1.807) is 10.9 Å². The van der Waals surface area contributed by atoms with Crippen molar-refractivity contribution < 1.29 is 4.42 Å². The van der Waals surface area contributed by atoms with Crippen LogP contribution in [0.2, 0.25) is 0 Å². The quantitative estimate of drug-likeness (QED) is 0.771. The molecule has 19 heavy (non-hydrogen) atoms. The Bertz CT molecular complexity index is 728. The van der Waals surface area contributed by atoms with E-state index in [1.807, 2.05) is 19.9 Å². The number of oxazole rings is 1. The van der Waals surface area contributed by atoms with Gasteiger partial charge in [0.15, 0.2) is 11.3 Å². The van der Waals surface area contributed by atoms with Gasteiger partial charge < -0.3 is 10.2 Å². The molecule has 0 spiro atoms. The SMILES string of the molecule is Cc1cc(C)c2oc(-c3cn(CCN)nn3)nc2c1. The Labute approximate surface area is 110 Å². The minimum atomic E-state index is 0.493. The van der Waals surface area contributed by atoms with Crippen LogP contribution in [0.1, 0.15) is 11.1 Å². The minimum absolute atomic E-state index is 0.493. The van der Waals surface area contributed by atoms with Gasteiger partial charge in [0.2, 0.25) is 5.89 Å². The molecule has 0 atom stereocenters. The third-order valence-corrected chi connectivity index (χ3v) is 2.94. The molecule has 0 radical (unpaired) electrons. The van der Waals surface area contributed by atoms with Crippen molar-refractivity contribution in [1.29, 1.82) is 0 Å². The van der Waals surface area contributed by atoms with E-state index in [9.17, 15) is 0 Å². The lowest BCUT2D eigenvalue weighted by molar-refractivity contribution is 0.598. The van der Waals surface area contributed by atoms with E-state index in [4.69, 9.17) is 10.2 Å². The zero-order valence-electron chi connectivity index (χ0n) is 10.9. The monoisotopic (exact) mass is 257 g/mol. The number of nitrogens with two attached hydrogens (primary N) is 1. The van der Waals surface area contributed by atoms with Crippen LogP contribution in [0.25, 0.3) is 22.7 Å². The number of hydrogen-bond donors (Lipinski definition) is 1. The molecule has 0 fully saturated rings. The highest BCUT2D eigenvalue weighted by molar-refractivity contribution is 5.79. The summed E-state index contributed by atoms with van der Waals surface area (Å²) in [6, 6.07) is 4.07. The molecule has 0 unspecified atom stereocenters. The Kier molecular flexibility index (Phi) is 2.79. The predicted molar refractivity (Wildman–Crippen MR) is 71.6 cm³/mol. The standard InChI is InChI=1S/C13H15N5O/c1-8-5-9(2)12-10(6-8)15-13(19-12)11-7-18(4-3-14)17-16-11/h5-7H,3-4,14H2,1-2H3. The van der Waals surface area contributed by atoms with Crippen LogP contribution in [0.15, 0.2) is 22.7 Å². The fourth-order valence-corrected chi connectivity index (χ4v) is 2.12. The lowest BCUT2D eigenvalue weighted by Crippen LogP contribution is -2.10. The van der Waals surface area contributed by atoms with E-state index in [2.05, 4.69) is 21.4 Å². The summed E-state index contributed by atoms with van der Waals surface area (Å²) in [6.07, 6.45) is 1.79. The van der Waals surface area contributed by atoms with Gasteiger partial charge in [0.05, 0.1) is 12.7 Å². The molecule has 0 amide bonds. The maximum absolute atomic E-state index is 5.77.